The first-order chi connectivity index (χ1) is 12.9. The summed E-state index contributed by atoms with van der Waals surface area (Å²) in [5, 5.41) is 7.68. The minimum Gasteiger partial charge on any atom is -0.339 e. The van der Waals surface area contributed by atoms with Crippen molar-refractivity contribution in [2.75, 3.05) is 7.05 Å². The number of thiophene rings is 1. The Morgan fingerprint density at radius 3 is 2.78 bits per heavy atom. The van der Waals surface area contributed by atoms with E-state index in [0.29, 0.717) is 11.7 Å². The highest BCUT2D eigenvalue weighted by molar-refractivity contribution is 8.01. The molecule has 1 amide bonds. The number of nitrogens with one attached hydrogen (secondary N) is 1. The second kappa shape index (κ2) is 7.09. The first kappa shape index (κ1) is 18.7. The normalized spacial score (nSPS) is 19.3. The van der Waals surface area contributed by atoms with E-state index >= 15 is 0 Å². The van der Waals surface area contributed by atoms with E-state index < -0.39 is 0 Å². The summed E-state index contributed by atoms with van der Waals surface area (Å²) in [5.74, 6) is 0.259. The van der Waals surface area contributed by atoms with Gasteiger partial charge in [0.05, 0.1) is 9.09 Å². The van der Waals surface area contributed by atoms with Crippen LogP contribution in [0.2, 0.25) is 0 Å². The molecule has 1 N–H and O–H groups in total. The summed E-state index contributed by atoms with van der Waals surface area (Å²) in [4.78, 5) is 25.9. The Morgan fingerprint density at radius 2 is 2.07 bits per heavy atom. The molecule has 5 nitrogen and oxygen atoms in total. The van der Waals surface area contributed by atoms with Crippen molar-refractivity contribution < 1.29 is 9.59 Å². The van der Waals surface area contributed by atoms with Crippen molar-refractivity contribution in [2.24, 2.45) is 5.41 Å². The number of aromatic nitrogens is 2. The van der Waals surface area contributed by atoms with E-state index in [0.717, 1.165) is 32.3 Å². The number of ketones is 1. The molecule has 1 saturated carbocycles. The van der Waals surface area contributed by atoms with Crippen LogP contribution in [0, 0.1) is 5.41 Å². The van der Waals surface area contributed by atoms with Crippen LogP contribution < -0.4 is 5.32 Å². The molecule has 0 radical (unpaired) electrons. The number of nitrogens with zero attached hydrogens (tertiary/aromatic N) is 2. The van der Waals surface area contributed by atoms with E-state index in [4.69, 9.17) is 0 Å². The first-order valence-corrected chi connectivity index (χ1v) is 11.2. The highest BCUT2D eigenvalue weighted by atomic mass is 32.2. The molecule has 0 saturated heterocycles. The maximum Gasteiger partial charge on any atom is 0.341 e. The summed E-state index contributed by atoms with van der Waals surface area (Å²) in [6, 6.07) is 1.61. The molecule has 0 aliphatic heterocycles. The fraction of sp³-hybridized carbons (Fsp3) is 0.550. The van der Waals surface area contributed by atoms with Crippen molar-refractivity contribution >= 4 is 34.9 Å². The van der Waals surface area contributed by atoms with Crippen LogP contribution in [0.15, 0.2) is 16.5 Å². The predicted octanol–water partition coefficient (Wildman–Crippen LogP) is 4.99. The van der Waals surface area contributed by atoms with Crippen molar-refractivity contribution in [1.82, 2.24) is 15.1 Å². The molecule has 27 heavy (non-hydrogen) atoms. The van der Waals surface area contributed by atoms with E-state index in [1.54, 1.807) is 24.6 Å². The molecule has 0 spiro atoms. The third-order valence-electron chi connectivity index (χ3n) is 5.37. The van der Waals surface area contributed by atoms with Gasteiger partial charge in [0.15, 0.2) is 5.78 Å². The number of hydrogen-bond donors (Lipinski definition) is 1. The van der Waals surface area contributed by atoms with E-state index in [9.17, 15) is 9.59 Å². The largest absolute Gasteiger partial charge is 0.341 e. The molecule has 144 valence electrons. The van der Waals surface area contributed by atoms with Gasteiger partial charge in [-0.3, -0.25) is 4.79 Å². The van der Waals surface area contributed by atoms with Crippen LogP contribution in [0.4, 0.5) is 4.79 Å². The van der Waals surface area contributed by atoms with Crippen molar-refractivity contribution in [3.8, 4) is 10.6 Å². The second-order valence-corrected chi connectivity index (χ2v) is 10.8. The third kappa shape index (κ3) is 3.59. The minimum atomic E-state index is -0.261. The van der Waals surface area contributed by atoms with Crippen LogP contribution in [-0.2, 0) is 6.42 Å². The van der Waals surface area contributed by atoms with Crippen LogP contribution in [-0.4, -0.2) is 33.9 Å². The van der Waals surface area contributed by atoms with Crippen LogP contribution in [0.3, 0.4) is 0 Å². The van der Waals surface area contributed by atoms with Crippen molar-refractivity contribution in [2.45, 2.75) is 61.8 Å². The van der Waals surface area contributed by atoms with E-state index in [1.165, 1.54) is 30.4 Å². The maximum absolute atomic E-state index is 13.0. The molecule has 2 aromatic heterocycles. The van der Waals surface area contributed by atoms with Gasteiger partial charge in [-0.25, -0.2) is 4.79 Å². The lowest BCUT2D eigenvalue weighted by Gasteiger charge is -2.29. The average molecular weight is 404 g/mol. The fourth-order valence-electron chi connectivity index (χ4n) is 4.08. The van der Waals surface area contributed by atoms with E-state index in [-0.39, 0.29) is 17.2 Å². The van der Waals surface area contributed by atoms with Gasteiger partial charge in [-0.05, 0) is 36.3 Å². The topological polar surface area (TPSA) is 64.0 Å². The standard InChI is InChI=1S/C20H25N3O2S2/c1-20(2)10-13-16(15(24)11-20)18(26-12-6-4-5-7-12)27-17(13)14-8-9-23(22-14)19(25)21-3/h8-9,12H,4-7,10-11H2,1-3H3,(H,21,25). The third-order valence-corrected chi connectivity index (χ3v) is 8.18. The van der Waals surface area contributed by atoms with E-state index in [1.807, 2.05) is 17.8 Å². The number of thioether (sulfide) groups is 1. The van der Waals surface area contributed by atoms with Gasteiger partial charge < -0.3 is 5.32 Å². The van der Waals surface area contributed by atoms with Crippen molar-refractivity contribution in [1.29, 1.82) is 0 Å². The van der Waals surface area contributed by atoms with Gasteiger partial charge in [0.25, 0.3) is 0 Å². The number of fused-ring (bicyclic) bond motifs is 1. The zero-order valence-electron chi connectivity index (χ0n) is 16.0. The molecular weight excluding hydrogens is 378 g/mol. The fourth-order valence-corrected chi connectivity index (χ4v) is 7.19. The molecule has 0 unspecified atom stereocenters. The predicted molar refractivity (Wildman–Crippen MR) is 110 cm³/mol. The van der Waals surface area contributed by atoms with Crippen molar-refractivity contribution in [3.63, 3.8) is 0 Å². The Hall–Kier alpha value is -1.60. The summed E-state index contributed by atoms with van der Waals surface area (Å²) in [5.41, 5.74) is 2.80. The van der Waals surface area contributed by atoms with Gasteiger partial charge in [0, 0.05) is 30.5 Å². The molecule has 2 aliphatic rings. The van der Waals surface area contributed by atoms with Crippen LogP contribution in [0.5, 0.6) is 0 Å². The smallest absolute Gasteiger partial charge is 0.339 e. The van der Waals surface area contributed by atoms with Gasteiger partial charge in [0.2, 0.25) is 0 Å². The van der Waals surface area contributed by atoms with Gasteiger partial charge in [-0.15, -0.1) is 23.1 Å². The van der Waals surface area contributed by atoms with Gasteiger partial charge in [-0.1, -0.05) is 26.7 Å². The molecule has 2 aliphatic carbocycles. The van der Waals surface area contributed by atoms with Gasteiger partial charge >= 0.3 is 6.03 Å². The summed E-state index contributed by atoms with van der Waals surface area (Å²) < 4.78 is 2.47. The highest BCUT2D eigenvalue weighted by Gasteiger charge is 2.37. The van der Waals surface area contributed by atoms with Crippen molar-refractivity contribution in [3.05, 3.63) is 23.4 Å². The minimum absolute atomic E-state index is 0.0431. The Bertz CT molecular complexity index is 891. The molecular formula is C20H25N3O2S2. The molecule has 0 aromatic carbocycles. The molecule has 4 rings (SSSR count). The molecule has 0 atom stereocenters. The Balaban J connectivity index is 1.78. The zero-order valence-corrected chi connectivity index (χ0v) is 17.6. The number of rotatable bonds is 3. The molecule has 0 bridgehead atoms. The molecule has 1 fully saturated rings. The lowest BCUT2D eigenvalue weighted by atomic mass is 9.74. The van der Waals surface area contributed by atoms with Crippen LogP contribution in [0.25, 0.3) is 10.6 Å². The quantitative estimate of drug-likeness (QED) is 0.784. The van der Waals surface area contributed by atoms with E-state index in [2.05, 4.69) is 24.3 Å². The summed E-state index contributed by atoms with van der Waals surface area (Å²) >= 11 is 3.57. The lowest BCUT2D eigenvalue weighted by molar-refractivity contribution is 0.0910. The van der Waals surface area contributed by atoms with Gasteiger partial charge in [0.1, 0.15) is 5.69 Å². The number of carbonyl (C=O) groups is 2. The van der Waals surface area contributed by atoms with Gasteiger partial charge in [-0.2, -0.15) is 9.78 Å². The maximum atomic E-state index is 13.0. The number of Topliss-reactive ketones (excluding diaryl/α,β-unsaturated/α-hetero) is 1. The number of amides is 1. The van der Waals surface area contributed by atoms with Crippen LogP contribution in [0.1, 0.15) is 61.9 Å². The van der Waals surface area contributed by atoms with Crippen LogP contribution >= 0.6 is 23.1 Å². The first-order valence-electron chi connectivity index (χ1n) is 9.51. The second-order valence-electron chi connectivity index (χ2n) is 8.24. The Labute approximate surface area is 167 Å². The monoisotopic (exact) mass is 403 g/mol. The Morgan fingerprint density at radius 1 is 1.33 bits per heavy atom. The number of hydrogen-bond acceptors (Lipinski definition) is 5. The zero-order chi connectivity index (χ0) is 19.2. The molecule has 2 aromatic rings. The summed E-state index contributed by atoms with van der Waals surface area (Å²) in [6.07, 6.45) is 8.19. The number of carbonyl (C=O) groups excluding carboxylic acids is 2. The lowest BCUT2D eigenvalue weighted by Crippen LogP contribution is -2.26. The molecule has 7 heteroatoms. The average Bonchev–Trinajstić information content (AvgIpc) is 3.33. The Kier molecular flexibility index (Phi) is 4.93. The molecule has 2 heterocycles. The SMILES string of the molecule is CNC(=O)n1ccc(-c2sc(SC3CCCC3)c3c2CC(C)(C)CC3=O)n1. The summed E-state index contributed by atoms with van der Waals surface area (Å²) in [6.45, 7) is 4.31. The summed E-state index contributed by atoms with van der Waals surface area (Å²) in [7, 11) is 1.59. The highest BCUT2D eigenvalue weighted by Crippen LogP contribution is 2.50.